The molecule has 1 saturated heterocycles. The van der Waals surface area contributed by atoms with Crippen molar-refractivity contribution in [2.24, 2.45) is 0 Å². The average Bonchev–Trinajstić information content (AvgIpc) is 2.68. The Labute approximate surface area is 165 Å². The Morgan fingerprint density at radius 1 is 1.04 bits per heavy atom. The molecule has 0 radical (unpaired) electrons. The van der Waals surface area contributed by atoms with Crippen LogP contribution in [-0.4, -0.2) is 37.0 Å². The van der Waals surface area contributed by atoms with Gasteiger partial charge in [0.15, 0.2) is 5.78 Å². The molecule has 0 saturated carbocycles. The van der Waals surface area contributed by atoms with E-state index < -0.39 is 15.9 Å². The average molecular weight is 401 g/mol. The van der Waals surface area contributed by atoms with Gasteiger partial charge in [0.05, 0.1) is 4.90 Å². The maximum atomic E-state index is 13.0. The van der Waals surface area contributed by atoms with Crippen LogP contribution in [0.1, 0.15) is 53.8 Å². The summed E-state index contributed by atoms with van der Waals surface area (Å²) in [6.07, 6.45) is 2.72. The first kappa shape index (κ1) is 20.2. The van der Waals surface area contributed by atoms with E-state index in [1.54, 1.807) is 36.4 Å². The molecule has 3 rings (SSSR count). The number of hydrogen-bond acceptors (Lipinski definition) is 4. The number of anilines is 1. The summed E-state index contributed by atoms with van der Waals surface area (Å²) in [5.41, 5.74) is 1.36. The second kappa shape index (κ2) is 8.24. The zero-order chi connectivity index (χ0) is 20.3. The molecule has 1 aliphatic rings. The fraction of sp³-hybridized carbons (Fsp3) is 0.333. The molecule has 28 heavy (non-hydrogen) atoms. The first-order valence-corrected chi connectivity index (χ1v) is 10.8. The van der Waals surface area contributed by atoms with Crippen molar-refractivity contribution in [3.8, 4) is 0 Å². The van der Waals surface area contributed by atoms with Crippen LogP contribution in [0, 0.1) is 0 Å². The number of nitrogens with one attached hydrogen (secondary N) is 1. The summed E-state index contributed by atoms with van der Waals surface area (Å²) in [6.45, 7) is 3.89. The monoisotopic (exact) mass is 400 g/mol. The first-order chi connectivity index (χ1) is 13.3. The summed E-state index contributed by atoms with van der Waals surface area (Å²) in [5.74, 6) is -0.456. The van der Waals surface area contributed by atoms with Crippen molar-refractivity contribution in [1.29, 1.82) is 0 Å². The van der Waals surface area contributed by atoms with E-state index in [-0.39, 0.29) is 22.3 Å². The Balaban J connectivity index is 1.80. The number of piperidine rings is 1. The third-order valence-electron chi connectivity index (χ3n) is 4.99. The summed E-state index contributed by atoms with van der Waals surface area (Å²) >= 11 is 0. The van der Waals surface area contributed by atoms with Gasteiger partial charge < -0.3 is 5.32 Å². The summed E-state index contributed by atoms with van der Waals surface area (Å²) in [7, 11) is -3.64. The van der Waals surface area contributed by atoms with Crippen LogP contribution in [0.5, 0.6) is 0 Å². The molecule has 0 bridgehead atoms. The van der Waals surface area contributed by atoms with Crippen molar-refractivity contribution in [2.75, 3.05) is 11.9 Å². The molecule has 1 atom stereocenters. The molecule has 1 fully saturated rings. The van der Waals surface area contributed by atoms with Gasteiger partial charge in [-0.15, -0.1) is 0 Å². The first-order valence-electron chi connectivity index (χ1n) is 9.33. The molecule has 7 heteroatoms. The number of carbonyl (C=O) groups excluding carboxylic acids is 2. The smallest absolute Gasteiger partial charge is 0.255 e. The Morgan fingerprint density at radius 2 is 1.75 bits per heavy atom. The van der Waals surface area contributed by atoms with Crippen LogP contribution in [0.4, 0.5) is 5.69 Å². The number of hydrogen-bond donors (Lipinski definition) is 1. The van der Waals surface area contributed by atoms with Crippen LogP contribution in [0.2, 0.25) is 0 Å². The van der Waals surface area contributed by atoms with E-state index in [4.69, 9.17) is 0 Å². The Hall–Kier alpha value is -2.51. The van der Waals surface area contributed by atoms with Gasteiger partial charge in [0.25, 0.3) is 5.91 Å². The highest BCUT2D eigenvalue weighted by atomic mass is 32.2. The van der Waals surface area contributed by atoms with Crippen molar-refractivity contribution in [3.63, 3.8) is 0 Å². The molecule has 2 aromatic carbocycles. The minimum atomic E-state index is -3.64. The van der Waals surface area contributed by atoms with Crippen molar-refractivity contribution in [1.82, 2.24) is 4.31 Å². The number of ketones is 1. The van der Waals surface area contributed by atoms with Gasteiger partial charge in [-0.25, -0.2) is 8.42 Å². The summed E-state index contributed by atoms with van der Waals surface area (Å²) < 4.78 is 27.5. The lowest BCUT2D eigenvalue weighted by molar-refractivity contribution is 0.101. The van der Waals surface area contributed by atoms with Gasteiger partial charge in [0.1, 0.15) is 0 Å². The highest BCUT2D eigenvalue weighted by Gasteiger charge is 2.31. The normalized spacial score (nSPS) is 17.9. The zero-order valence-electron chi connectivity index (χ0n) is 16.0. The molecule has 0 spiro atoms. The number of Topliss-reactive ketones (excluding diaryl/α,β-unsaturated/α-hetero) is 1. The minimum absolute atomic E-state index is 0.0453. The number of nitrogens with zero attached hydrogens (tertiary/aromatic N) is 1. The summed E-state index contributed by atoms with van der Waals surface area (Å²) in [6, 6.07) is 12.6. The van der Waals surface area contributed by atoms with Gasteiger partial charge in [-0.3, -0.25) is 9.59 Å². The van der Waals surface area contributed by atoms with E-state index in [2.05, 4.69) is 5.32 Å². The molecule has 2 aromatic rings. The van der Waals surface area contributed by atoms with Crippen molar-refractivity contribution < 1.29 is 18.0 Å². The maximum Gasteiger partial charge on any atom is 0.255 e. The largest absolute Gasteiger partial charge is 0.322 e. The Morgan fingerprint density at radius 3 is 2.39 bits per heavy atom. The van der Waals surface area contributed by atoms with Crippen LogP contribution >= 0.6 is 0 Å². The predicted octanol–water partition coefficient (Wildman–Crippen LogP) is 3.70. The Kier molecular flexibility index (Phi) is 5.96. The molecule has 148 valence electrons. The fourth-order valence-corrected chi connectivity index (χ4v) is 5.10. The Bertz CT molecular complexity index is 984. The van der Waals surface area contributed by atoms with E-state index in [9.17, 15) is 18.0 Å². The van der Waals surface area contributed by atoms with Crippen LogP contribution in [0.15, 0.2) is 53.4 Å². The number of carbonyl (C=O) groups is 2. The van der Waals surface area contributed by atoms with Gasteiger partial charge in [0.2, 0.25) is 10.0 Å². The van der Waals surface area contributed by atoms with Crippen molar-refractivity contribution in [3.05, 3.63) is 59.7 Å². The fourth-order valence-electron chi connectivity index (χ4n) is 3.35. The lowest BCUT2D eigenvalue weighted by Crippen LogP contribution is -2.41. The second-order valence-electron chi connectivity index (χ2n) is 7.08. The number of benzene rings is 2. The van der Waals surface area contributed by atoms with Gasteiger partial charge in [0, 0.05) is 29.4 Å². The molecule has 0 aromatic heterocycles. The number of sulfonamides is 1. The third kappa shape index (κ3) is 4.31. The third-order valence-corrected chi connectivity index (χ3v) is 7.00. The van der Waals surface area contributed by atoms with E-state index in [0.717, 1.165) is 19.3 Å². The summed E-state index contributed by atoms with van der Waals surface area (Å²) in [5, 5.41) is 2.73. The van der Waals surface area contributed by atoms with E-state index >= 15 is 0 Å². The molecule has 1 aliphatic heterocycles. The van der Waals surface area contributed by atoms with Gasteiger partial charge in [-0.2, -0.15) is 4.31 Å². The predicted molar refractivity (Wildman–Crippen MR) is 108 cm³/mol. The highest BCUT2D eigenvalue weighted by molar-refractivity contribution is 7.89. The quantitative estimate of drug-likeness (QED) is 0.776. The van der Waals surface area contributed by atoms with Gasteiger partial charge >= 0.3 is 0 Å². The van der Waals surface area contributed by atoms with Gasteiger partial charge in [-0.05, 0) is 69.2 Å². The lowest BCUT2D eigenvalue weighted by atomic mass is 10.1. The molecule has 1 unspecified atom stereocenters. The number of amides is 1. The maximum absolute atomic E-state index is 13.0. The lowest BCUT2D eigenvalue weighted by Gasteiger charge is -2.32. The topological polar surface area (TPSA) is 83.5 Å². The van der Waals surface area contributed by atoms with Crippen LogP contribution < -0.4 is 5.32 Å². The SMILES string of the molecule is CC(=O)c1ccc(NC(=O)c2cccc(S(=O)(=O)N3CCCCC3C)c2)cc1. The minimum Gasteiger partial charge on any atom is -0.322 e. The van der Waals surface area contributed by atoms with E-state index in [1.165, 1.54) is 23.4 Å². The molecule has 1 amide bonds. The molecular weight excluding hydrogens is 376 g/mol. The van der Waals surface area contributed by atoms with Gasteiger partial charge in [-0.1, -0.05) is 12.5 Å². The van der Waals surface area contributed by atoms with E-state index in [0.29, 0.717) is 17.8 Å². The van der Waals surface area contributed by atoms with Crippen LogP contribution in [0.3, 0.4) is 0 Å². The second-order valence-corrected chi connectivity index (χ2v) is 8.97. The van der Waals surface area contributed by atoms with Crippen LogP contribution in [0.25, 0.3) is 0 Å². The van der Waals surface area contributed by atoms with Crippen molar-refractivity contribution in [2.45, 2.75) is 44.0 Å². The van der Waals surface area contributed by atoms with E-state index in [1.807, 2.05) is 6.92 Å². The molecule has 1 N–H and O–H groups in total. The molecule has 1 heterocycles. The molecule has 0 aliphatic carbocycles. The zero-order valence-corrected chi connectivity index (χ0v) is 16.8. The number of rotatable bonds is 5. The molecule has 6 nitrogen and oxygen atoms in total. The molecular formula is C21H24N2O4S. The summed E-state index contributed by atoms with van der Waals surface area (Å²) in [4.78, 5) is 24.0. The highest BCUT2D eigenvalue weighted by Crippen LogP contribution is 2.25. The van der Waals surface area contributed by atoms with Crippen molar-refractivity contribution >= 4 is 27.4 Å². The van der Waals surface area contributed by atoms with Crippen LogP contribution in [-0.2, 0) is 10.0 Å². The standard InChI is InChI=1S/C21H24N2O4S/c1-15-6-3-4-13-23(15)28(26,27)20-8-5-7-18(14-20)21(25)22-19-11-9-17(10-12-19)16(2)24/h5,7-12,14-15H,3-4,6,13H2,1-2H3,(H,22,25).